The summed E-state index contributed by atoms with van der Waals surface area (Å²) in [5, 5.41) is 11.8. The highest BCUT2D eigenvalue weighted by atomic mass is 16.3. The first-order chi connectivity index (χ1) is 15.4. The molecule has 1 aliphatic heterocycles. The van der Waals surface area contributed by atoms with Crippen LogP contribution in [0.15, 0.2) is 47.1 Å². The molecule has 2 aromatic heterocycles. The van der Waals surface area contributed by atoms with Gasteiger partial charge in [-0.3, -0.25) is 9.59 Å². The molecule has 1 aromatic carbocycles. The quantitative estimate of drug-likeness (QED) is 0.640. The van der Waals surface area contributed by atoms with Crippen LogP contribution in [0.1, 0.15) is 55.2 Å². The van der Waals surface area contributed by atoms with Crippen molar-refractivity contribution in [2.75, 3.05) is 13.1 Å². The highest BCUT2D eigenvalue weighted by molar-refractivity contribution is 5.94. The van der Waals surface area contributed by atoms with E-state index in [0.717, 1.165) is 29.4 Å². The lowest BCUT2D eigenvalue weighted by Gasteiger charge is -2.22. The van der Waals surface area contributed by atoms with Crippen molar-refractivity contribution in [2.24, 2.45) is 5.92 Å². The monoisotopic (exact) mass is 435 g/mol. The van der Waals surface area contributed by atoms with Crippen molar-refractivity contribution in [3.63, 3.8) is 0 Å². The second-order valence-electron chi connectivity index (χ2n) is 8.61. The van der Waals surface area contributed by atoms with Crippen LogP contribution in [-0.4, -0.2) is 44.6 Å². The number of rotatable bonds is 6. The SMILES string of the molecule is CC(=O)N[C@H](CC(C)C)c1nnc2n1CCN(C(=O)c1ccc(-c3ccco3)cc1)CC2. The number of benzene rings is 1. The second kappa shape index (κ2) is 9.38. The first kappa shape index (κ1) is 21.8. The molecule has 0 radical (unpaired) electrons. The predicted octanol–water partition coefficient (Wildman–Crippen LogP) is 3.46. The van der Waals surface area contributed by atoms with Crippen LogP contribution in [0.3, 0.4) is 0 Å². The van der Waals surface area contributed by atoms with Crippen LogP contribution >= 0.6 is 0 Å². The van der Waals surface area contributed by atoms with Gasteiger partial charge < -0.3 is 19.2 Å². The standard InChI is InChI=1S/C24H29N5O3/c1-16(2)15-20(25-17(3)30)23-27-26-22-10-11-28(12-13-29(22)23)24(31)19-8-6-18(7-9-19)21-5-4-14-32-21/h4-9,14,16,20H,10-13,15H2,1-3H3,(H,25,30)/t20-/m1/s1. The van der Waals surface area contributed by atoms with Gasteiger partial charge in [-0.15, -0.1) is 10.2 Å². The van der Waals surface area contributed by atoms with Crippen molar-refractivity contribution in [3.8, 4) is 11.3 Å². The van der Waals surface area contributed by atoms with E-state index in [1.165, 1.54) is 6.92 Å². The van der Waals surface area contributed by atoms with E-state index in [1.54, 1.807) is 6.26 Å². The summed E-state index contributed by atoms with van der Waals surface area (Å²) in [6.07, 6.45) is 3.04. The summed E-state index contributed by atoms with van der Waals surface area (Å²) in [7, 11) is 0. The van der Waals surface area contributed by atoms with Crippen LogP contribution < -0.4 is 5.32 Å². The number of nitrogens with zero attached hydrogens (tertiary/aromatic N) is 4. The van der Waals surface area contributed by atoms with Gasteiger partial charge in [-0.05, 0) is 36.6 Å². The average Bonchev–Trinajstić information content (AvgIpc) is 3.39. The third kappa shape index (κ3) is 4.74. The van der Waals surface area contributed by atoms with E-state index in [-0.39, 0.29) is 17.9 Å². The van der Waals surface area contributed by atoms with E-state index in [0.29, 0.717) is 37.5 Å². The van der Waals surface area contributed by atoms with Crippen molar-refractivity contribution in [1.29, 1.82) is 0 Å². The number of amides is 2. The predicted molar refractivity (Wildman–Crippen MR) is 120 cm³/mol. The van der Waals surface area contributed by atoms with E-state index in [2.05, 4.69) is 33.9 Å². The molecule has 0 spiro atoms. The zero-order chi connectivity index (χ0) is 22.7. The van der Waals surface area contributed by atoms with Gasteiger partial charge in [0, 0.05) is 44.1 Å². The van der Waals surface area contributed by atoms with Gasteiger partial charge in [0.05, 0.1) is 12.3 Å². The van der Waals surface area contributed by atoms with Crippen LogP contribution in [-0.2, 0) is 17.8 Å². The lowest BCUT2D eigenvalue weighted by molar-refractivity contribution is -0.119. The Morgan fingerprint density at radius 2 is 1.88 bits per heavy atom. The van der Waals surface area contributed by atoms with Crippen molar-refractivity contribution in [1.82, 2.24) is 25.0 Å². The highest BCUT2D eigenvalue weighted by Gasteiger charge is 2.27. The maximum Gasteiger partial charge on any atom is 0.253 e. The molecular formula is C24H29N5O3. The van der Waals surface area contributed by atoms with E-state index >= 15 is 0 Å². The lowest BCUT2D eigenvalue weighted by Crippen LogP contribution is -2.34. The fraction of sp³-hybridized carbons (Fsp3) is 0.417. The molecule has 0 fully saturated rings. The Bertz CT molecular complexity index is 1070. The molecule has 3 heterocycles. The van der Waals surface area contributed by atoms with Gasteiger partial charge in [0.25, 0.3) is 5.91 Å². The Hall–Kier alpha value is -3.42. The molecule has 8 heteroatoms. The van der Waals surface area contributed by atoms with Crippen LogP contribution in [0.25, 0.3) is 11.3 Å². The number of hydrogen-bond donors (Lipinski definition) is 1. The minimum Gasteiger partial charge on any atom is -0.464 e. The smallest absolute Gasteiger partial charge is 0.253 e. The molecule has 0 unspecified atom stereocenters. The Kier molecular flexibility index (Phi) is 6.39. The normalized spacial score (nSPS) is 14.7. The Balaban J connectivity index is 1.48. The van der Waals surface area contributed by atoms with E-state index in [1.807, 2.05) is 41.3 Å². The summed E-state index contributed by atoms with van der Waals surface area (Å²) in [5.74, 6) is 2.70. The van der Waals surface area contributed by atoms with Gasteiger partial charge in [0.1, 0.15) is 11.6 Å². The number of carbonyl (C=O) groups excluding carboxylic acids is 2. The molecule has 0 aliphatic carbocycles. The zero-order valence-electron chi connectivity index (χ0n) is 18.7. The molecule has 1 aliphatic rings. The topological polar surface area (TPSA) is 93.3 Å². The highest BCUT2D eigenvalue weighted by Crippen LogP contribution is 2.24. The third-order valence-electron chi connectivity index (χ3n) is 5.68. The van der Waals surface area contributed by atoms with Gasteiger partial charge in [-0.2, -0.15) is 0 Å². The Morgan fingerprint density at radius 1 is 1.09 bits per heavy atom. The van der Waals surface area contributed by atoms with Crippen LogP contribution in [0.4, 0.5) is 0 Å². The van der Waals surface area contributed by atoms with E-state index < -0.39 is 0 Å². The molecule has 32 heavy (non-hydrogen) atoms. The van der Waals surface area contributed by atoms with Crippen LogP contribution in [0.2, 0.25) is 0 Å². The summed E-state index contributed by atoms with van der Waals surface area (Å²) < 4.78 is 7.49. The molecule has 2 amide bonds. The molecule has 168 valence electrons. The Labute approximate surface area is 187 Å². The van der Waals surface area contributed by atoms with Gasteiger partial charge in [-0.25, -0.2) is 0 Å². The van der Waals surface area contributed by atoms with Gasteiger partial charge in [0.15, 0.2) is 5.82 Å². The maximum atomic E-state index is 13.1. The molecule has 0 saturated carbocycles. The molecule has 1 N–H and O–H groups in total. The molecule has 0 bridgehead atoms. The fourth-order valence-corrected chi connectivity index (χ4v) is 4.15. The summed E-state index contributed by atoms with van der Waals surface area (Å²) in [6.45, 7) is 7.49. The molecule has 4 rings (SSSR count). The van der Waals surface area contributed by atoms with Gasteiger partial charge in [-0.1, -0.05) is 26.0 Å². The summed E-state index contributed by atoms with van der Waals surface area (Å²) in [6, 6.07) is 11.0. The minimum absolute atomic E-state index is 0.00292. The lowest BCUT2D eigenvalue weighted by atomic mass is 10.0. The van der Waals surface area contributed by atoms with E-state index in [9.17, 15) is 9.59 Å². The second-order valence-corrected chi connectivity index (χ2v) is 8.61. The summed E-state index contributed by atoms with van der Waals surface area (Å²) in [4.78, 5) is 26.7. The number of hydrogen-bond acceptors (Lipinski definition) is 5. The molecule has 3 aromatic rings. The zero-order valence-corrected chi connectivity index (χ0v) is 18.7. The summed E-state index contributed by atoms with van der Waals surface area (Å²) in [5.41, 5.74) is 1.58. The molecule has 1 atom stereocenters. The maximum absolute atomic E-state index is 13.1. The number of aromatic nitrogens is 3. The average molecular weight is 436 g/mol. The number of furan rings is 1. The van der Waals surface area contributed by atoms with Crippen molar-refractivity contribution in [2.45, 2.75) is 46.2 Å². The fourth-order valence-electron chi connectivity index (χ4n) is 4.15. The van der Waals surface area contributed by atoms with Crippen molar-refractivity contribution in [3.05, 3.63) is 59.9 Å². The number of nitrogens with one attached hydrogen (secondary N) is 1. The van der Waals surface area contributed by atoms with E-state index in [4.69, 9.17) is 4.42 Å². The van der Waals surface area contributed by atoms with Crippen molar-refractivity contribution >= 4 is 11.8 Å². The summed E-state index contributed by atoms with van der Waals surface area (Å²) >= 11 is 0. The van der Waals surface area contributed by atoms with Crippen molar-refractivity contribution < 1.29 is 14.0 Å². The largest absolute Gasteiger partial charge is 0.464 e. The van der Waals surface area contributed by atoms with Gasteiger partial charge in [0.2, 0.25) is 5.91 Å². The number of carbonyl (C=O) groups is 2. The molecule has 0 saturated heterocycles. The minimum atomic E-state index is -0.190. The van der Waals surface area contributed by atoms with Crippen LogP contribution in [0, 0.1) is 5.92 Å². The molecule has 8 nitrogen and oxygen atoms in total. The first-order valence-electron chi connectivity index (χ1n) is 11.0. The third-order valence-corrected chi connectivity index (χ3v) is 5.68. The molecular weight excluding hydrogens is 406 g/mol. The van der Waals surface area contributed by atoms with Crippen LogP contribution in [0.5, 0.6) is 0 Å². The first-order valence-corrected chi connectivity index (χ1v) is 11.0. The number of fused-ring (bicyclic) bond motifs is 1. The Morgan fingerprint density at radius 3 is 2.53 bits per heavy atom. The van der Waals surface area contributed by atoms with Gasteiger partial charge >= 0.3 is 0 Å².